The number of nitrogens with zero attached hydrogens (tertiary/aromatic N) is 4. The first kappa shape index (κ1) is 16.9. The van der Waals surface area contributed by atoms with E-state index in [-0.39, 0.29) is 18.4 Å². The van der Waals surface area contributed by atoms with Gasteiger partial charge in [0, 0.05) is 32.1 Å². The Balaban J connectivity index is 2.98. The molecule has 1 aromatic heterocycles. The zero-order valence-electron chi connectivity index (χ0n) is 13.2. The lowest BCUT2D eigenvalue weighted by Crippen LogP contribution is -2.28. The Kier molecular flexibility index (Phi) is 6.64. The van der Waals surface area contributed by atoms with Crippen LogP contribution < -0.4 is 21.3 Å². The largest absolute Gasteiger partial charge is 0.370 e. The van der Waals surface area contributed by atoms with Gasteiger partial charge in [-0.2, -0.15) is 15.0 Å². The molecule has 1 aromatic rings. The molecule has 0 fully saturated rings. The lowest BCUT2D eigenvalue weighted by molar-refractivity contribution is -0.118. The number of anilines is 3. The molecule has 1 amide bonds. The zero-order chi connectivity index (χ0) is 15.8. The molecule has 0 aliphatic heterocycles. The molecule has 4 N–H and O–H groups in total. The number of rotatable bonds is 9. The lowest BCUT2D eigenvalue weighted by atomic mass is 10.2. The number of nitrogens with two attached hydrogens (primary N) is 1. The van der Waals surface area contributed by atoms with Gasteiger partial charge in [0.1, 0.15) is 0 Å². The number of nitrogens with one attached hydrogen (secondary N) is 2. The number of hydrogen-bond donors (Lipinski definition) is 3. The third-order valence-electron chi connectivity index (χ3n) is 2.89. The highest BCUT2D eigenvalue weighted by Gasteiger charge is 2.13. The zero-order valence-corrected chi connectivity index (χ0v) is 13.2. The van der Waals surface area contributed by atoms with Gasteiger partial charge in [0.2, 0.25) is 23.8 Å². The maximum absolute atomic E-state index is 10.9. The normalized spacial score (nSPS) is 11.8. The van der Waals surface area contributed by atoms with Crippen molar-refractivity contribution in [1.29, 1.82) is 0 Å². The molecular weight excluding hydrogens is 270 g/mol. The molecule has 1 rings (SSSR count). The van der Waals surface area contributed by atoms with Crippen LogP contribution in [0.15, 0.2) is 0 Å². The summed E-state index contributed by atoms with van der Waals surface area (Å²) in [7, 11) is 0. The van der Waals surface area contributed by atoms with E-state index >= 15 is 0 Å². The van der Waals surface area contributed by atoms with Crippen LogP contribution in [0.2, 0.25) is 0 Å². The fourth-order valence-corrected chi connectivity index (χ4v) is 1.89. The maximum atomic E-state index is 10.9. The molecule has 1 unspecified atom stereocenters. The van der Waals surface area contributed by atoms with Crippen LogP contribution in [0.5, 0.6) is 0 Å². The second kappa shape index (κ2) is 8.23. The van der Waals surface area contributed by atoms with Gasteiger partial charge in [-0.05, 0) is 27.7 Å². The molecule has 118 valence electrons. The molecular formula is C13H25N7O. The molecule has 0 aliphatic rings. The molecule has 0 saturated carbocycles. The third kappa shape index (κ3) is 5.41. The molecule has 0 saturated heterocycles. The Bertz CT molecular complexity index is 462. The van der Waals surface area contributed by atoms with Crippen LogP contribution in [-0.2, 0) is 4.79 Å². The SMILES string of the molecule is CCNc1nc(NC(C)CC(N)=O)nc(N(CC)CC)n1. The van der Waals surface area contributed by atoms with Gasteiger partial charge in [-0.25, -0.2) is 0 Å². The van der Waals surface area contributed by atoms with Crippen molar-refractivity contribution < 1.29 is 4.79 Å². The molecule has 0 bridgehead atoms. The summed E-state index contributed by atoms with van der Waals surface area (Å²) in [4.78, 5) is 26.1. The van der Waals surface area contributed by atoms with Crippen molar-refractivity contribution in [3.05, 3.63) is 0 Å². The molecule has 8 heteroatoms. The number of primary amides is 1. The molecule has 0 radical (unpaired) electrons. The molecule has 1 heterocycles. The standard InChI is InChI=1S/C13H25N7O/c1-5-15-11-17-12(16-9(4)8-10(14)21)19-13(18-11)20(6-2)7-3/h9H,5-8H2,1-4H3,(H2,14,21)(H2,15,16,17,18,19). The third-order valence-corrected chi connectivity index (χ3v) is 2.89. The predicted octanol–water partition coefficient (Wildman–Crippen LogP) is 0.825. The van der Waals surface area contributed by atoms with Crippen molar-refractivity contribution in [3.63, 3.8) is 0 Å². The highest BCUT2D eigenvalue weighted by Crippen LogP contribution is 2.14. The smallest absolute Gasteiger partial charge is 0.231 e. The number of carbonyl (C=O) groups excluding carboxylic acids is 1. The second-order valence-electron chi connectivity index (χ2n) is 4.70. The summed E-state index contributed by atoms with van der Waals surface area (Å²) < 4.78 is 0. The number of hydrogen-bond acceptors (Lipinski definition) is 7. The van der Waals surface area contributed by atoms with E-state index in [0.717, 1.165) is 19.6 Å². The molecule has 0 aromatic carbocycles. The number of aromatic nitrogens is 3. The minimum Gasteiger partial charge on any atom is -0.370 e. The van der Waals surface area contributed by atoms with Gasteiger partial charge in [-0.15, -0.1) is 0 Å². The highest BCUT2D eigenvalue weighted by molar-refractivity contribution is 5.74. The van der Waals surface area contributed by atoms with Crippen LogP contribution in [0.4, 0.5) is 17.8 Å². The summed E-state index contributed by atoms with van der Waals surface area (Å²) in [6.07, 6.45) is 0.225. The summed E-state index contributed by atoms with van der Waals surface area (Å²) in [5.74, 6) is 1.21. The van der Waals surface area contributed by atoms with Crippen LogP contribution >= 0.6 is 0 Å². The van der Waals surface area contributed by atoms with Gasteiger partial charge >= 0.3 is 0 Å². The first-order valence-electron chi connectivity index (χ1n) is 7.29. The van der Waals surface area contributed by atoms with Gasteiger partial charge in [0.15, 0.2) is 0 Å². The van der Waals surface area contributed by atoms with Crippen molar-refractivity contribution in [1.82, 2.24) is 15.0 Å². The summed E-state index contributed by atoms with van der Waals surface area (Å²) in [6.45, 7) is 10.3. The summed E-state index contributed by atoms with van der Waals surface area (Å²) in [6, 6.07) is -0.135. The summed E-state index contributed by atoms with van der Waals surface area (Å²) >= 11 is 0. The Morgan fingerprint density at radius 2 is 1.81 bits per heavy atom. The van der Waals surface area contributed by atoms with Crippen molar-refractivity contribution >= 4 is 23.8 Å². The van der Waals surface area contributed by atoms with Crippen LogP contribution in [0.25, 0.3) is 0 Å². The fraction of sp³-hybridized carbons (Fsp3) is 0.692. The van der Waals surface area contributed by atoms with Crippen LogP contribution in [0, 0.1) is 0 Å². The topological polar surface area (TPSA) is 109 Å². The molecule has 8 nitrogen and oxygen atoms in total. The first-order chi connectivity index (χ1) is 9.99. The Hall–Kier alpha value is -2.12. The van der Waals surface area contributed by atoms with E-state index in [1.54, 1.807) is 0 Å². The molecule has 0 aliphatic carbocycles. The van der Waals surface area contributed by atoms with E-state index in [9.17, 15) is 4.79 Å². The van der Waals surface area contributed by atoms with E-state index in [0.29, 0.717) is 17.8 Å². The van der Waals surface area contributed by atoms with Crippen LogP contribution in [0.1, 0.15) is 34.1 Å². The minimum atomic E-state index is -0.361. The molecule has 1 atom stereocenters. The second-order valence-corrected chi connectivity index (χ2v) is 4.70. The average molecular weight is 295 g/mol. The maximum Gasteiger partial charge on any atom is 0.231 e. The molecule has 21 heavy (non-hydrogen) atoms. The van der Waals surface area contributed by atoms with E-state index in [2.05, 4.69) is 25.6 Å². The van der Waals surface area contributed by atoms with Crippen LogP contribution in [-0.4, -0.2) is 46.5 Å². The van der Waals surface area contributed by atoms with Gasteiger partial charge in [0.05, 0.1) is 0 Å². The van der Waals surface area contributed by atoms with E-state index in [1.165, 1.54) is 0 Å². The van der Waals surface area contributed by atoms with Gasteiger partial charge < -0.3 is 21.3 Å². The van der Waals surface area contributed by atoms with Crippen molar-refractivity contribution in [2.24, 2.45) is 5.73 Å². The number of amides is 1. The van der Waals surface area contributed by atoms with Gasteiger partial charge in [-0.3, -0.25) is 4.79 Å². The van der Waals surface area contributed by atoms with Crippen molar-refractivity contribution in [2.75, 3.05) is 35.2 Å². The van der Waals surface area contributed by atoms with Gasteiger partial charge in [-0.1, -0.05) is 0 Å². The Labute approximate surface area is 125 Å². The Morgan fingerprint density at radius 1 is 1.19 bits per heavy atom. The summed E-state index contributed by atoms with van der Waals surface area (Å²) in [5.41, 5.74) is 5.19. The van der Waals surface area contributed by atoms with E-state index in [4.69, 9.17) is 5.73 Å². The first-order valence-corrected chi connectivity index (χ1v) is 7.29. The molecule has 0 spiro atoms. The van der Waals surface area contributed by atoms with E-state index < -0.39 is 0 Å². The minimum absolute atomic E-state index is 0.135. The van der Waals surface area contributed by atoms with E-state index in [1.807, 2.05) is 32.6 Å². The fourth-order valence-electron chi connectivity index (χ4n) is 1.89. The van der Waals surface area contributed by atoms with Gasteiger partial charge in [0.25, 0.3) is 0 Å². The number of carbonyl (C=O) groups is 1. The lowest BCUT2D eigenvalue weighted by Gasteiger charge is -2.20. The monoisotopic (exact) mass is 295 g/mol. The van der Waals surface area contributed by atoms with Crippen molar-refractivity contribution in [3.8, 4) is 0 Å². The Morgan fingerprint density at radius 3 is 2.33 bits per heavy atom. The van der Waals surface area contributed by atoms with Crippen LogP contribution in [0.3, 0.4) is 0 Å². The van der Waals surface area contributed by atoms with Crippen molar-refractivity contribution in [2.45, 2.75) is 40.2 Å². The quantitative estimate of drug-likeness (QED) is 0.619. The summed E-state index contributed by atoms with van der Waals surface area (Å²) in [5, 5.41) is 6.17. The average Bonchev–Trinajstić information content (AvgIpc) is 2.39. The highest BCUT2D eigenvalue weighted by atomic mass is 16.1. The predicted molar refractivity (Wildman–Crippen MR) is 84.4 cm³/mol.